The quantitative estimate of drug-likeness (QED) is 0.348. The summed E-state index contributed by atoms with van der Waals surface area (Å²) >= 11 is 0. The summed E-state index contributed by atoms with van der Waals surface area (Å²) in [6, 6.07) is 0. The van der Waals surface area contributed by atoms with E-state index < -0.39 is 36.5 Å². The lowest BCUT2D eigenvalue weighted by molar-refractivity contribution is -0.197. The Bertz CT molecular complexity index is 540. The first kappa shape index (κ1) is 23.3. The van der Waals surface area contributed by atoms with Gasteiger partial charge in [-0.1, -0.05) is 0 Å². The van der Waals surface area contributed by atoms with Crippen LogP contribution >= 0.6 is 0 Å². The molecule has 12 heteroatoms. The lowest BCUT2D eigenvalue weighted by Crippen LogP contribution is -2.44. The lowest BCUT2D eigenvalue weighted by Gasteiger charge is -2.20. The van der Waals surface area contributed by atoms with Gasteiger partial charge < -0.3 is 23.8 Å². The fourth-order valence-electron chi connectivity index (χ4n) is 2.00. The molecule has 0 bridgehead atoms. The molecule has 0 spiro atoms. The highest BCUT2D eigenvalue weighted by atomic mass is 16.7. The first-order valence-electron chi connectivity index (χ1n) is 8.56. The van der Waals surface area contributed by atoms with E-state index in [0.29, 0.717) is 36.0 Å². The molecule has 1 fully saturated rings. The topological polar surface area (TPSA) is 138 Å². The van der Waals surface area contributed by atoms with Crippen molar-refractivity contribution in [3.05, 3.63) is 0 Å². The van der Waals surface area contributed by atoms with Gasteiger partial charge in [-0.25, -0.2) is 19.3 Å². The van der Waals surface area contributed by atoms with E-state index in [0.717, 1.165) is 0 Å². The first-order chi connectivity index (χ1) is 13.4. The smallest absolute Gasteiger partial charge is 0.419 e. The molecule has 4 amide bonds. The highest BCUT2D eigenvalue weighted by Crippen LogP contribution is 2.12. The molecular formula is C16H24N2O10. The minimum Gasteiger partial charge on any atom is -0.449 e. The number of carbonyl (C=O) groups excluding carboxylic acids is 5. The monoisotopic (exact) mass is 404 g/mol. The molecule has 0 unspecified atom stereocenters. The van der Waals surface area contributed by atoms with Gasteiger partial charge in [-0.3, -0.25) is 9.59 Å². The molecule has 0 radical (unpaired) electrons. The van der Waals surface area contributed by atoms with Gasteiger partial charge in [-0.15, -0.1) is 5.06 Å². The molecule has 0 aromatic rings. The van der Waals surface area contributed by atoms with Crippen molar-refractivity contribution < 1.29 is 47.8 Å². The second-order valence-electron chi connectivity index (χ2n) is 5.55. The number of nitrogens with zero attached hydrogens (tertiary/aromatic N) is 2. The van der Waals surface area contributed by atoms with Crippen LogP contribution in [-0.4, -0.2) is 87.1 Å². The molecule has 1 aliphatic heterocycles. The molecule has 158 valence electrons. The van der Waals surface area contributed by atoms with E-state index in [4.69, 9.17) is 18.9 Å². The summed E-state index contributed by atoms with van der Waals surface area (Å²) in [5, 5.41) is 0.314. The number of carbonyl (C=O) groups is 5. The minimum atomic E-state index is -1.17. The van der Waals surface area contributed by atoms with Gasteiger partial charge in [0, 0.05) is 53.1 Å². The Morgan fingerprint density at radius 1 is 0.857 bits per heavy atom. The Balaban J connectivity index is 2.65. The van der Waals surface area contributed by atoms with E-state index in [1.54, 1.807) is 0 Å². The fourth-order valence-corrected chi connectivity index (χ4v) is 2.00. The first-order valence-corrected chi connectivity index (χ1v) is 8.56. The zero-order chi connectivity index (χ0) is 20.9. The van der Waals surface area contributed by atoms with Gasteiger partial charge in [-0.2, -0.15) is 0 Å². The summed E-state index contributed by atoms with van der Waals surface area (Å²) < 4.78 is 19.4. The number of rotatable bonds is 11. The summed E-state index contributed by atoms with van der Waals surface area (Å²) in [5.41, 5.74) is 0. The predicted octanol–water partition coefficient (Wildman–Crippen LogP) is 0.242. The van der Waals surface area contributed by atoms with Crippen LogP contribution in [0.4, 0.5) is 9.59 Å². The number of amides is 4. The summed E-state index contributed by atoms with van der Waals surface area (Å²) in [5.74, 6) is -2.55. The Kier molecular flexibility index (Phi) is 10.5. The SMILES string of the molecule is COCCCOC(=O)N(CC(=O)ON1C(=O)CCC1=O)C(=O)OCCCOC. The van der Waals surface area contributed by atoms with Gasteiger partial charge in [0.1, 0.15) is 6.54 Å². The van der Waals surface area contributed by atoms with Crippen molar-refractivity contribution >= 4 is 30.0 Å². The third kappa shape index (κ3) is 7.88. The second kappa shape index (κ2) is 12.6. The molecule has 1 heterocycles. The van der Waals surface area contributed by atoms with Gasteiger partial charge >= 0.3 is 18.2 Å². The number of imide groups is 2. The Morgan fingerprint density at radius 3 is 1.75 bits per heavy atom. The molecule has 0 atom stereocenters. The molecule has 28 heavy (non-hydrogen) atoms. The maximum Gasteiger partial charge on any atom is 0.419 e. The Labute approximate surface area is 161 Å². The number of hydrogen-bond donors (Lipinski definition) is 0. The Morgan fingerprint density at radius 2 is 1.32 bits per heavy atom. The summed E-state index contributed by atoms with van der Waals surface area (Å²) in [4.78, 5) is 64.2. The second-order valence-corrected chi connectivity index (χ2v) is 5.55. The largest absolute Gasteiger partial charge is 0.449 e. The van der Waals surface area contributed by atoms with E-state index in [2.05, 4.69) is 4.84 Å². The normalized spacial score (nSPS) is 13.4. The molecule has 1 rings (SSSR count). The van der Waals surface area contributed by atoms with Crippen molar-refractivity contribution in [3.63, 3.8) is 0 Å². The summed E-state index contributed by atoms with van der Waals surface area (Å²) in [6.45, 7) is -0.355. The van der Waals surface area contributed by atoms with Crippen LogP contribution in [0.25, 0.3) is 0 Å². The number of methoxy groups -OCH3 is 2. The molecule has 1 aliphatic rings. The fraction of sp³-hybridized carbons (Fsp3) is 0.688. The van der Waals surface area contributed by atoms with Crippen molar-refractivity contribution in [2.24, 2.45) is 0 Å². The number of ether oxygens (including phenoxy) is 4. The van der Waals surface area contributed by atoms with Crippen molar-refractivity contribution in [1.29, 1.82) is 0 Å². The molecule has 0 N–H and O–H groups in total. The van der Waals surface area contributed by atoms with E-state index in [1.165, 1.54) is 14.2 Å². The average molecular weight is 404 g/mol. The molecule has 0 saturated carbocycles. The molecule has 12 nitrogen and oxygen atoms in total. The van der Waals surface area contributed by atoms with E-state index in [-0.39, 0.29) is 26.1 Å². The van der Waals surface area contributed by atoms with Gasteiger partial charge in [0.15, 0.2) is 0 Å². The van der Waals surface area contributed by atoms with Gasteiger partial charge in [0.05, 0.1) is 13.2 Å². The van der Waals surface area contributed by atoms with Crippen LogP contribution in [0.3, 0.4) is 0 Å². The molecular weight excluding hydrogens is 380 g/mol. The molecule has 0 aromatic heterocycles. The highest BCUT2D eigenvalue weighted by molar-refractivity contribution is 6.02. The number of hydrogen-bond acceptors (Lipinski definition) is 10. The zero-order valence-electron chi connectivity index (χ0n) is 15.8. The lowest BCUT2D eigenvalue weighted by atomic mass is 10.4. The Hall–Kier alpha value is -2.73. The average Bonchev–Trinajstić information content (AvgIpc) is 2.98. The van der Waals surface area contributed by atoms with Gasteiger partial charge in [0.25, 0.3) is 11.8 Å². The maximum absolute atomic E-state index is 12.1. The third-order valence-corrected chi connectivity index (χ3v) is 3.36. The van der Waals surface area contributed by atoms with Crippen LogP contribution in [0, 0.1) is 0 Å². The van der Waals surface area contributed by atoms with Crippen LogP contribution in [0.1, 0.15) is 25.7 Å². The molecule has 1 saturated heterocycles. The maximum atomic E-state index is 12.1. The third-order valence-electron chi connectivity index (χ3n) is 3.36. The van der Waals surface area contributed by atoms with Crippen molar-refractivity contribution in [2.75, 3.05) is 47.2 Å². The zero-order valence-corrected chi connectivity index (χ0v) is 15.8. The molecule has 0 aliphatic carbocycles. The van der Waals surface area contributed by atoms with Crippen LogP contribution < -0.4 is 0 Å². The van der Waals surface area contributed by atoms with Crippen LogP contribution in [0.5, 0.6) is 0 Å². The van der Waals surface area contributed by atoms with Gasteiger partial charge in [-0.05, 0) is 0 Å². The van der Waals surface area contributed by atoms with Crippen molar-refractivity contribution in [1.82, 2.24) is 9.96 Å². The van der Waals surface area contributed by atoms with Gasteiger partial charge in [0.2, 0.25) is 0 Å². The van der Waals surface area contributed by atoms with Crippen LogP contribution in [0.2, 0.25) is 0 Å². The van der Waals surface area contributed by atoms with Crippen molar-refractivity contribution in [2.45, 2.75) is 25.7 Å². The standard InChI is InChI=1S/C16H24N2O10/c1-24-7-3-9-26-15(22)17(16(23)27-10-4-8-25-2)11-14(21)28-18-12(19)5-6-13(18)20/h3-11H2,1-2H3. The predicted molar refractivity (Wildman–Crippen MR) is 89.6 cm³/mol. The summed E-state index contributed by atoms with van der Waals surface area (Å²) in [7, 11) is 2.95. The van der Waals surface area contributed by atoms with E-state index in [1.807, 2.05) is 0 Å². The van der Waals surface area contributed by atoms with Crippen molar-refractivity contribution in [3.8, 4) is 0 Å². The minimum absolute atomic E-state index is 0.0573. The molecule has 0 aromatic carbocycles. The highest BCUT2D eigenvalue weighted by Gasteiger charge is 2.35. The van der Waals surface area contributed by atoms with Crippen LogP contribution in [0.15, 0.2) is 0 Å². The van der Waals surface area contributed by atoms with Crippen LogP contribution in [-0.2, 0) is 38.2 Å². The number of hydroxylamine groups is 2. The summed E-state index contributed by atoms with van der Waals surface area (Å²) in [6.07, 6.45) is -1.69. The van der Waals surface area contributed by atoms with E-state index >= 15 is 0 Å². The van der Waals surface area contributed by atoms with E-state index in [9.17, 15) is 24.0 Å².